The standard InChI is InChI=1S/C19H21N3O3S/c1-13(2)11-12-20-19(23)14-7-9-15(10-8-14)21-18-16-5-3-4-6-17(16)26(24,25)22-18/h3-10,13H,11-12H2,1-2H3,(H,20,23)(H,21,22). The Morgan fingerprint density at radius 3 is 2.46 bits per heavy atom. The van der Waals surface area contributed by atoms with Crippen LogP contribution < -0.4 is 10.6 Å². The molecule has 0 atom stereocenters. The lowest BCUT2D eigenvalue weighted by molar-refractivity contribution is 0.0952. The molecular formula is C19H21N3O3S. The number of hydrogen-bond acceptors (Lipinski definition) is 4. The highest BCUT2D eigenvalue weighted by atomic mass is 32.2. The molecule has 6 nitrogen and oxygen atoms in total. The highest BCUT2D eigenvalue weighted by Crippen LogP contribution is 2.26. The van der Waals surface area contributed by atoms with E-state index in [1.54, 1.807) is 42.5 Å². The number of carbonyl (C=O) groups excluding carboxylic acids is 1. The van der Waals surface area contributed by atoms with Crippen molar-refractivity contribution in [3.63, 3.8) is 0 Å². The molecule has 0 spiro atoms. The molecule has 0 saturated heterocycles. The van der Waals surface area contributed by atoms with E-state index in [1.165, 1.54) is 6.07 Å². The van der Waals surface area contributed by atoms with Gasteiger partial charge in [-0.2, -0.15) is 8.42 Å². The van der Waals surface area contributed by atoms with Crippen molar-refractivity contribution in [3.8, 4) is 0 Å². The van der Waals surface area contributed by atoms with Gasteiger partial charge in [0, 0.05) is 23.4 Å². The molecule has 2 aromatic carbocycles. The minimum absolute atomic E-state index is 0.122. The van der Waals surface area contributed by atoms with Crippen molar-refractivity contribution in [1.82, 2.24) is 5.32 Å². The summed E-state index contributed by atoms with van der Waals surface area (Å²) in [6.07, 6.45) is 0.930. The van der Waals surface area contributed by atoms with E-state index >= 15 is 0 Å². The minimum Gasteiger partial charge on any atom is -0.352 e. The van der Waals surface area contributed by atoms with E-state index in [9.17, 15) is 13.2 Å². The highest BCUT2D eigenvalue weighted by Gasteiger charge is 2.28. The lowest BCUT2D eigenvalue weighted by Crippen LogP contribution is -2.25. The van der Waals surface area contributed by atoms with Gasteiger partial charge in [-0.15, -0.1) is 4.40 Å². The lowest BCUT2D eigenvalue weighted by atomic mass is 10.1. The van der Waals surface area contributed by atoms with E-state index in [0.717, 1.165) is 6.42 Å². The normalized spacial score (nSPS) is 14.7. The summed E-state index contributed by atoms with van der Waals surface area (Å²) < 4.78 is 27.9. The van der Waals surface area contributed by atoms with Gasteiger partial charge in [0.1, 0.15) is 4.90 Å². The largest absolute Gasteiger partial charge is 0.352 e. The van der Waals surface area contributed by atoms with Crippen LogP contribution in [0.5, 0.6) is 0 Å². The second kappa shape index (κ2) is 7.29. The molecule has 1 aliphatic heterocycles. The van der Waals surface area contributed by atoms with Crippen molar-refractivity contribution in [2.45, 2.75) is 25.2 Å². The molecule has 0 bridgehead atoms. The number of nitrogens with zero attached hydrogens (tertiary/aromatic N) is 1. The van der Waals surface area contributed by atoms with Gasteiger partial charge in [-0.05, 0) is 48.7 Å². The first kappa shape index (κ1) is 18.1. The number of sulfonamides is 1. The highest BCUT2D eigenvalue weighted by molar-refractivity contribution is 7.90. The zero-order valence-electron chi connectivity index (χ0n) is 14.7. The summed E-state index contributed by atoms with van der Waals surface area (Å²) in [7, 11) is -3.65. The molecule has 0 aliphatic carbocycles. The second-order valence-corrected chi connectivity index (χ2v) is 8.12. The zero-order valence-corrected chi connectivity index (χ0v) is 15.5. The maximum Gasteiger partial charge on any atom is 0.285 e. The van der Waals surface area contributed by atoms with Crippen molar-refractivity contribution in [2.75, 3.05) is 11.9 Å². The van der Waals surface area contributed by atoms with Crippen LogP contribution in [-0.2, 0) is 10.0 Å². The van der Waals surface area contributed by atoms with E-state index in [0.29, 0.717) is 29.3 Å². The fourth-order valence-corrected chi connectivity index (χ4v) is 3.79. The maximum absolute atomic E-state index is 12.1. The van der Waals surface area contributed by atoms with Gasteiger partial charge in [0.15, 0.2) is 5.84 Å². The van der Waals surface area contributed by atoms with Gasteiger partial charge in [0.05, 0.1) is 0 Å². The molecule has 1 aliphatic rings. The van der Waals surface area contributed by atoms with Crippen LogP contribution in [0.2, 0.25) is 0 Å². The Labute approximate surface area is 153 Å². The summed E-state index contributed by atoms with van der Waals surface area (Å²) in [6, 6.07) is 13.5. The molecule has 0 radical (unpaired) electrons. The van der Waals surface area contributed by atoms with Crippen LogP contribution in [0, 0.1) is 5.92 Å². The second-order valence-electron chi connectivity index (χ2n) is 6.55. The number of carbonyl (C=O) groups is 1. The van der Waals surface area contributed by atoms with Gasteiger partial charge in [-0.1, -0.05) is 26.0 Å². The number of amidine groups is 1. The Balaban J connectivity index is 1.70. The summed E-state index contributed by atoms with van der Waals surface area (Å²) in [5.41, 5.74) is 1.76. The topological polar surface area (TPSA) is 87.6 Å². The third kappa shape index (κ3) is 3.94. The number of rotatable bonds is 5. The Morgan fingerprint density at radius 1 is 1.08 bits per heavy atom. The van der Waals surface area contributed by atoms with E-state index in [4.69, 9.17) is 0 Å². The number of fused-ring (bicyclic) bond motifs is 1. The van der Waals surface area contributed by atoms with Crippen molar-refractivity contribution >= 4 is 27.5 Å². The Bertz CT molecular complexity index is 948. The van der Waals surface area contributed by atoms with Crippen LogP contribution in [0.3, 0.4) is 0 Å². The molecule has 0 fully saturated rings. The number of benzene rings is 2. The van der Waals surface area contributed by atoms with E-state index < -0.39 is 10.0 Å². The quantitative estimate of drug-likeness (QED) is 0.846. The van der Waals surface area contributed by atoms with Gasteiger partial charge in [-0.3, -0.25) is 4.79 Å². The first-order chi connectivity index (χ1) is 12.4. The third-order valence-corrected chi connectivity index (χ3v) is 5.38. The molecule has 2 N–H and O–H groups in total. The Kier molecular flexibility index (Phi) is 5.08. The first-order valence-electron chi connectivity index (χ1n) is 8.46. The van der Waals surface area contributed by atoms with Crippen LogP contribution in [-0.4, -0.2) is 26.7 Å². The molecule has 1 heterocycles. The molecular weight excluding hydrogens is 350 g/mol. The number of hydrogen-bond donors (Lipinski definition) is 2. The zero-order chi connectivity index (χ0) is 18.7. The Hall–Kier alpha value is -2.67. The molecule has 26 heavy (non-hydrogen) atoms. The molecule has 136 valence electrons. The summed E-state index contributed by atoms with van der Waals surface area (Å²) in [4.78, 5) is 12.3. The molecule has 2 aromatic rings. The van der Waals surface area contributed by atoms with Gasteiger partial charge < -0.3 is 10.6 Å². The van der Waals surface area contributed by atoms with Crippen LogP contribution in [0.1, 0.15) is 36.2 Å². The fourth-order valence-electron chi connectivity index (χ4n) is 2.61. The van der Waals surface area contributed by atoms with E-state index in [-0.39, 0.29) is 16.6 Å². The Morgan fingerprint density at radius 2 is 1.77 bits per heavy atom. The fraction of sp³-hybridized carbons (Fsp3) is 0.263. The maximum atomic E-state index is 12.1. The van der Waals surface area contributed by atoms with Crippen molar-refractivity contribution < 1.29 is 13.2 Å². The summed E-state index contributed by atoms with van der Waals surface area (Å²) in [5, 5.41) is 5.90. The van der Waals surface area contributed by atoms with Gasteiger partial charge >= 0.3 is 0 Å². The monoisotopic (exact) mass is 371 g/mol. The van der Waals surface area contributed by atoms with E-state index in [2.05, 4.69) is 28.9 Å². The summed E-state index contributed by atoms with van der Waals surface area (Å²) in [5.74, 6) is 0.700. The van der Waals surface area contributed by atoms with Crippen LogP contribution in [0.4, 0.5) is 5.69 Å². The van der Waals surface area contributed by atoms with E-state index in [1.807, 2.05) is 0 Å². The predicted molar refractivity (Wildman–Crippen MR) is 102 cm³/mol. The molecule has 0 aromatic heterocycles. The lowest BCUT2D eigenvalue weighted by Gasteiger charge is -2.09. The number of anilines is 1. The average Bonchev–Trinajstić information content (AvgIpc) is 2.86. The minimum atomic E-state index is -3.65. The molecule has 1 amide bonds. The summed E-state index contributed by atoms with van der Waals surface area (Å²) >= 11 is 0. The van der Waals surface area contributed by atoms with Gasteiger partial charge in [0.25, 0.3) is 15.9 Å². The van der Waals surface area contributed by atoms with Crippen LogP contribution in [0.15, 0.2) is 57.8 Å². The smallest absolute Gasteiger partial charge is 0.285 e. The van der Waals surface area contributed by atoms with Crippen LogP contribution >= 0.6 is 0 Å². The van der Waals surface area contributed by atoms with Crippen molar-refractivity contribution in [2.24, 2.45) is 10.3 Å². The SMILES string of the molecule is CC(C)CCNC(=O)c1ccc(NC2=NS(=O)(=O)c3ccccc32)cc1. The molecule has 0 saturated carbocycles. The van der Waals surface area contributed by atoms with Gasteiger partial charge in [-0.25, -0.2) is 0 Å². The molecule has 7 heteroatoms. The van der Waals surface area contributed by atoms with Crippen molar-refractivity contribution in [3.05, 3.63) is 59.7 Å². The molecule has 0 unspecified atom stereocenters. The number of amides is 1. The average molecular weight is 371 g/mol. The van der Waals surface area contributed by atoms with Crippen molar-refractivity contribution in [1.29, 1.82) is 0 Å². The third-order valence-electron chi connectivity index (χ3n) is 4.05. The van der Waals surface area contributed by atoms with Crippen LogP contribution in [0.25, 0.3) is 0 Å². The number of nitrogens with one attached hydrogen (secondary N) is 2. The van der Waals surface area contributed by atoms with Gasteiger partial charge in [0.2, 0.25) is 0 Å². The summed E-state index contributed by atoms with van der Waals surface area (Å²) in [6.45, 7) is 4.86. The molecule has 3 rings (SSSR count). The predicted octanol–water partition coefficient (Wildman–Crippen LogP) is 3.02. The first-order valence-corrected chi connectivity index (χ1v) is 9.90.